The molecule has 9 aromatic carbocycles. The minimum Gasteiger partial charge on any atom is -0.310 e. The Morgan fingerprint density at radius 1 is 0.346 bits per heavy atom. The van der Waals surface area contributed by atoms with Crippen molar-refractivity contribution < 1.29 is 0 Å². The molecule has 0 heterocycles. The van der Waals surface area contributed by atoms with Gasteiger partial charge in [0.25, 0.3) is 0 Å². The molecule has 0 fully saturated rings. The molecule has 9 aromatic rings. The molecule has 0 aromatic heterocycles. The first-order valence-corrected chi connectivity index (χ1v) is 18.4. The van der Waals surface area contributed by atoms with Gasteiger partial charge < -0.3 is 4.90 Å². The second kappa shape index (κ2) is 11.0. The number of aryl methyl sites for hydroxylation is 1. The molecule has 0 bridgehead atoms. The lowest BCUT2D eigenvalue weighted by molar-refractivity contribution is 0.794. The van der Waals surface area contributed by atoms with Crippen LogP contribution >= 0.6 is 0 Å². The van der Waals surface area contributed by atoms with Crippen LogP contribution in [0.3, 0.4) is 0 Å². The lowest BCUT2D eigenvalue weighted by Gasteiger charge is -2.31. The second-order valence-corrected chi connectivity index (χ2v) is 14.3. The molecule has 1 nitrogen and oxygen atoms in total. The molecule has 11 rings (SSSR count). The maximum absolute atomic E-state index is 2.45. The van der Waals surface area contributed by atoms with Gasteiger partial charge in [-0.2, -0.15) is 0 Å². The van der Waals surface area contributed by atoms with Crippen LogP contribution in [0.5, 0.6) is 0 Å². The van der Waals surface area contributed by atoms with E-state index in [2.05, 4.69) is 194 Å². The third kappa shape index (κ3) is 3.88. The predicted molar refractivity (Wildman–Crippen MR) is 219 cm³/mol. The average molecular weight is 662 g/mol. The summed E-state index contributed by atoms with van der Waals surface area (Å²) >= 11 is 0. The number of anilines is 3. The van der Waals surface area contributed by atoms with E-state index in [0.29, 0.717) is 0 Å². The van der Waals surface area contributed by atoms with Crippen LogP contribution in [0.15, 0.2) is 182 Å². The Morgan fingerprint density at radius 3 is 1.31 bits per heavy atom. The summed E-state index contributed by atoms with van der Waals surface area (Å²) in [4.78, 5) is 2.45. The molecule has 1 heteroatoms. The Kier molecular flexibility index (Phi) is 6.22. The topological polar surface area (TPSA) is 3.24 Å². The highest BCUT2D eigenvalue weighted by atomic mass is 15.1. The molecule has 1 spiro atoms. The Balaban J connectivity index is 1.17. The number of fused-ring (bicyclic) bond motifs is 16. The molecule has 0 atom stereocenters. The Labute approximate surface area is 304 Å². The van der Waals surface area contributed by atoms with Crippen molar-refractivity contribution in [2.24, 2.45) is 0 Å². The minimum absolute atomic E-state index is 0.353. The van der Waals surface area contributed by atoms with Gasteiger partial charge in [0.05, 0.1) is 5.41 Å². The van der Waals surface area contributed by atoms with E-state index in [9.17, 15) is 0 Å². The first-order valence-electron chi connectivity index (χ1n) is 18.4. The Bertz CT molecular complexity index is 2820. The summed E-state index contributed by atoms with van der Waals surface area (Å²) in [5.74, 6) is 0. The lowest BCUT2D eigenvalue weighted by atomic mass is 9.70. The zero-order chi connectivity index (χ0) is 34.4. The van der Waals surface area contributed by atoms with Gasteiger partial charge in [0, 0.05) is 17.1 Å². The molecular weight excluding hydrogens is 627 g/mol. The van der Waals surface area contributed by atoms with Gasteiger partial charge in [0.15, 0.2) is 0 Å². The zero-order valence-electron chi connectivity index (χ0n) is 29.0. The van der Waals surface area contributed by atoms with Crippen molar-refractivity contribution in [3.8, 4) is 22.3 Å². The van der Waals surface area contributed by atoms with Gasteiger partial charge in [-0.15, -0.1) is 0 Å². The Morgan fingerprint density at radius 2 is 0.750 bits per heavy atom. The summed E-state index contributed by atoms with van der Waals surface area (Å²) < 4.78 is 0. The van der Waals surface area contributed by atoms with E-state index in [1.165, 1.54) is 82.4 Å². The van der Waals surface area contributed by atoms with E-state index in [-0.39, 0.29) is 5.41 Å². The zero-order valence-corrected chi connectivity index (χ0v) is 29.0. The standard InChI is InChI=1S/C51H35N/c1-2-33-23-25-34(26-24-33)52(35-27-29-41-39-15-4-3-13-37(39)38-14-5-6-16-40(38)45(41)31-35)36-28-30-50-46(32-36)44-19-9-12-22-49(44)51(50)47-20-10-7-17-42(47)43-18-8-11-21-48(43)51/h3-32H,2H2,1H3. The van der Waals surface area contributed by atoms with Crippen molar-refractivity contribution in [1.29, 1.82) is 0 Å². The third-order valence-corrected chi connectivity index (χ3v) is 11.8. The van der Waals surface area contributed by atoms with Crippen LogP contribution in [0.1, 0.15) is 34.7 Å². The molecule has 52 heavy (non-hydrogen) atoms. The van der Waals surface area contributed by atoms with Gasteiger partial charge in [-0.3, -0.25) is 0 Å². The molecule has 0 radical (unpaired) electrons. The summed E-state index contributed by atoms with van der Waals surface area (Å²) in [6, 6.07) is 68.2. The van der Waals surface area contributed by atoms with Gasteiger partial charge in [-0.1, -0.05) is 153 Å². The fourth-order valence-electron chi connectivity index (χ4n) is 9.59. The number of benzene rings is 9. The monoisotopic (exact) mass is 661 g/mol. The van der Waals surface area contributed by atoms with Gasteiger partial charge >= 0.3 is 0 Å². The lowest BCUT2D eigenvalue weighted by Crippen LogP contribution is -2.25. The van der Waals surface area contributed by atoms with Crippen LogP contribution in [-0.4, -0.2) is 0 Å². The largest absolute Gasteiger partial charge is 0.310 e. The summed E-state index contributed by atoms with van der Waals surface area (Å²) in [7, 11) is 0. The molecule has 244 valence electrons. The summed E-state index contributed by atoms with van der Waals surface area (Å²) in [5, 5.41) is 7.71. The highest BCUT2D eigenvalue weighted by Gasteiger charge is 2.51. The highest BCUT2D eigenvalue weighted by molar-refractivity contribution is 6.25. The molecule has 0 saturated carbocycles. The fraction of sp³-hybridized carbons (Fsp3) is 0.0588. The van der Waals surface area contributed by atoms with Crippen LogP contribution in [0, 0.1) is 0 Å². The van der Waals surface area contributed by atoms with E-state index in [0.717, 1.165) is 23.5 Å². The number of hydrogen-bond acceptors (Lipinski definition) is 1. The molecule has 0 unspecified atom stereocenters. The van der Waals surface area contributed by atoms with Gasteiger partial charge in [0.2, 0.25) is 0 Å². The van der Waals surface area contributed by atoms with Crippen molar-refractivity contribution in [2.75, 3.05) is 4.90 Å². The fourth-order valence-corrected chi connectivity index (χ4v) is 9.59. The summed E-state index contributed by atoms with van der Waals surface area (Å²) in [5.41, 5.74) is 15.2. The van der Waals surface area contributed by atoms with Crippen LogP contribution in [-0.2, 0) is 11.8 Å². The third-order valence-electron chi connectivity index (χ3n) is 11.8. The van der Waals surface area contributed by atoms with E-state index >= 15 is 0 Å². The van der Waals surface area contributed by atoms with Gasteiger partial charge in [0.1, 0.15) is 0 Å². The predicted octanol–water partition coefficient (Wildman–Crippen LogP) is 13.5. The molecule has 2 aliphatic rings. The SMILES string of the molecule is CCc1ccc(N(c2ccc3c(c2)-c2ccccc2C32c3ccccc3-c3ccccc32)c2ccc3c4ccccc4c4ccccc4c3c2)cc1. The van der Waals surface area contributed by atoms with Crippen molar-refractivity contribution in [3.05, 3.63) is 210 Å². The second-order valence-electron chi connectivity index (χ2n) is 14.3. The minimum atomic E-state index is -0.353. The number of nitrogens with zero attached hydrogens (tertiary/aromatic N) is 1. The van der Waals surface area contributed by atoms with E-state index < -0.39 is 0 Å². The van der Waals surface area contributed by atoms with E-state index in [1.54, 1.807) is 0 Å². The van der Waals surface area contributed by atoms with Crippen LogP contribution in [0.4, 0.5) is 17.1 Å². The molecule has 0 saturated heterocycles. The molecule has 2 aliphatic carbocycles. The van der Waals surface area contributed by atoms with Crippen molar-refractivity contribution in [3.63, 3.8) is 0 Å². The van der Waals surface area contributed by atoms with Crippen molar-refractivity contribution in [2.45, 2.75) is 18.8 Å². The van der Waals surface area contributed by atoms with Gasteiger partial charge in [-0.05, 0) is 125 Å². The number of rotatable bonds is 4. The maximum atomic E-state index is 2.45. The Hall–Kier alpha value is -6.44. The van der Waals surface area contributed by atoms with Crippen LogP contribution in [0.2, 0.25) is 0 Å². The molecular formula is C51H35N. The van der Waals surface area contributed by atoms with Crippen LogP contribution < -0.4 is 4.90 Å². The van der Waals surface area contributed by atoms with E-state index in [1.807, 2.05) is 0 Å². The van der Waals surface area contributed by atoms with Crippen LogP contribution in [0.25, 0.3) is 54.6 Å². The molecule has 0 amide bonds. The first kappa shape index (κ1) is 29.3. The first-order chi connectivity index (χ1) is 25.8. The normalized spacial score (nSPS) is 13.3. The maximum Gasteiger partial charge on any atom is 0.0725 e. The molecule has 0 N–H and O–H groups in total. The van der Waals surface area contributed by atoms with Crippen molar-refractivity contribution >= 4 is 49.4 Å². The van der Waals surface area contributed by atoms with E-state index in [4.69, 9.17) is 0 Å². The summed E-state index contributed by atoms with van der Waals surface area (Å²) in [6.07, 6.45) is 1.01. The quantitative estimate of drug-likeness (QED) is 0.170. The summed E-state index contributed by atoms with van der Waals surface area (Å²) in [6.45, 7) is 2.22. The molecule has 0 aliphatic heterocycles. The van der Waals surface area contributed by atoms with Gasteiger partial charge in [-0.25, -0.2) is 0 Å². The van der Waals surface area contributed by atoms with Crippen molar-refractivity contribution in [1.82, 2.24) is 0 Å². The number of hydrogen-bond donors (Lipinski definition) is 0. The highest BCUT2D eigenvalue weighted by Crippen LogP contribution is 2.63. The smallest absolute Gasteiger partial charge is 0.0725 e. The average Bonchev–Trinajstić information content (AvgIpc) is 3.68.